The van der Waals surface area contributed by atoms with E-state index in [0.717, 1.165) is 11.3 Å². The molecule has 0 saturated carbocycles. The third kappa shape index (κ3) is 5.22. The van der Waals surface area contributed by atoms with Crippen molar-refractivity contribution in [2.24, 2.45) is 0 Å². The molecule has 0 saturated heterocycles. The van der Waals surface area contributed by atoms with Crippen LogP contribution in [0.25, 0.3) is 0 Å². The molecule has 6 heteroatoms. The highest BCUT2D eigenvalue weighted by Crippen LogP contribution is 2.23. The van der Waals surface area contributed by atoms with Gasteiger partial charge in [-0.1, -0.05) is 17.7 Å². The van der Waals surface area contributed by atoms with Gasteiger partial charge in [0.25, 0.3) is 0 Å². The lowest BCUT2D eigenvalue weighted by atomic mass is 10.2. The Labute approximate surface area is 152 Å². The first-order valence-corrected chi connectivity index (χ1v) is 8.35. The number of hydrogen-bond acceptors (Lipinski definition) is 3. The smallest absolute Gasteiger partial charge is 0.244 e. The minimum absolute atomic E-state index is 0.0953. The average Bonchev–Trinajstić information content (AvgIpc) is 2.57. The minimum Gasteiger partial charge on any atom is -0.494 e. The molecule has 0 radical (unpaired) electrons. The largest absolute Gasteiger partial charge is 0.494 e. The Morgan fingerprint density at radius 2 is 1.84 bits per heavy atom. The van der Waals surface area contributed by atoms with Crippen LogP contribution < -0.4 is 15.0 Å². The molecule has 132 valence electrons. The van der Waals surface area contributed by atoms with Gasteiger partial charge >= 0.3 is 0 Å². The molecule has 0 aliphatic rings. The van der Waals surface area contributed by atoms with Crippen LogP contribution in [0.5, 0.6) is 5.75 Å². The molecule has 2 rings (SSSR count). The maximum Gasteiger partial charge on any atom is 0.244 e. The first kappa shape index (κ1) is 18.8. The molecule has 5 nitrogen and oxygen atoms in total. The van der Waals surface area contributed by atoms with Gasteiger partial charge in [0.15, 0.2) is 0 Å². The van der Waals surface area contributed by atoms with Crippen molar-refractivity contribution in [1.82, 2.24) is 0 Å². The molecular weight excluding hydrogens is 340 g/mol. The zero-order valence-corrected chi connectivity index (χ0v) is 15.3. The molecule has 1 N–H and O–H groups in total. The summed E-state index contributed by atoms with van der Waals surface area (Å²) in [7, 11) is 0. The molecule has 0 unspecified atom stereocenters. The highest BCUT2D eigenvalue weighted by atomic mass is 35.5. The number of nitrogens with zero attached hydrogens (tertiary/aromatic N) is 1. The molecule has 0 heterocycles. The van der Waals surface area contributed by atoms with Crippen molar-refractivity contribution in [3.8, 4) is 5.75 Å². The lowest BCUT2D eigenvalue weighted by molar-refractivity contribution is -0.120. The number of rotatable bonds is 6. The van der Waals surface area contributed by atoms with Crippen molar-refractivity contribution in [1.29, 1.82) is 0 Å². The molecule has 0 aliphatic heterocycles. The minimum atomic E-state index is -0.295. The van der Waals surface area contributed by atoms with Crippen molar-refractivity contribution in [2.75, 3.05) is 23.4 Å². The zero-order chi connectivity index (χ0) is 18.4. The number of halogens is 1. The summed E-state index contributed by atoms with van der Waals surface area (Å²) in [5, 5.41) is 3.32. The standard InChI is InChI=1S/C19H21ClN2O3/c1-4-25-17-9-6-15(7-10-17)21-19(24)12-22(14(3)23)16-8-5-13(2)18(20)11-16/h5-11H,4,12H2,1-3H3,(H,21,24). The van der Waals surface area contributed by atoms with E-state index < -0.39 is 0 Å². The van der Waals surface area contributed by atoms with E-state index in [0.29, 0.717) is 23.0 Å². The number of carbonyl (C=O) groups excluding carboxylic acids is 2. The van der Waals surface area contributed by atoms with E-state index in [4.69, 9.17) is 16.3 Å². The fourth-order valence-corrected chi connectivity index (χ4v) is 2.45. The number of hydrogen-bond donors (Lipinski definition) is 1. The van der Waals surface area contributed by atoms with Gasteiger partial charge in [-0.3, -0.25) is 9.59 Å². The Hall–Kier alpha value is -2.53. The van der Waals surface area contributed by atoms with Gasteiger partial charge in [0.2, 0.25) is 11.8 Å². The van der Waals surface area contributed by atoms with Crippen LogP contribution in [-0.4, -0.2) is 25.0 Å². The number of anilines is 2. The summed E-state index contributed by atoms with van der Waals surface area (Å²) in [5.74, 6) is 0.206. The molecule has 0 fully saturated rings. The average molecular weight is 361 g/mol. The van der Waals surface area contributed by atoms with Gasteiger partial charge in [0, 0.05) is 23.3 Å². The quantitative estimate of drug-likeness (QED) is 0.845. The number of carbonyl (C=O) groups is 2. The van der Waals surface area contributed by atoms with E-state index in [1.54, 1.807) is 36.4 Å². The number of ether oxygens (including phenoxy) is 1. The number of nitrogens with one attached hydrogen (secondary N) is 1. The van der Waals surface area contributed by atoms with Crippen molar-refractivity contribution in [3.05, 3.63) is 53.1 Å². The Bertz CT molecular complexity index is 760. The van der Waals surface area contributed by atoms with E-state index in [1.807, 2.05) is 19.9 Å². The Morgan fingerprint density at radius 1 is 1.16 bits per heavy atom. The van der Waals surface area contributed by atoms with Gasteiger partial charge in [0.1, 0.15) is 12.3 Å². The van der Waals surface area contributed by atoms with Crippen molar-refractivity contribution < 1.29 is 14.3 Å². The van der Waals surface area contributed by atoms with Gasteiger partial charge in [-0.2, -0.15) is 0 Å². The molecule has 25 heavy (non-hydrogen) atoms. The summed E-state index contributed by atoms with van der Waals surface area (Å²) in [6.45, 7) is 5.68. The zero-order valence-electron chi connectivity index (χ0n) is 14.5. The predicted octanol–water partition coefficient (Wildman–Crippen LogP) is 4.04. The maximum atomic E-state index is 12.3. The lowest BCUT2D eigenvalue weighted by Crippen LogP contribution is -2.36. The van der Waals surface area contributed by atoms with Crippen molar-refractivity contribution in [2.45, 2.75) is 20.8 Å². The molecule has 0 aliphatic carbocycles. The highest BCUT2D eigenvalue weighted by molar-refractivity contribution is 6.31. The Balaban J connectivity index is 2.07. The van der Waals surface area contributed by atoms with Crippen LogP contribution in [-0.2, 0) is 9.59 Å². The third-order valence-corrected chi connectivity index (χ3v) is 4.01. The van der Waals surface area contributed by atoms with Gasteiger partial charge in [-0.25, -0.2) is 0 Å². The van der Waals surface area contributed by atoms with Crippen LogP contribution in [0, 0.1) is 6.92 Å². The second-order valence-electron chi connectivity index (χ2n) is 5.54. The summed E-state index contributed by atoms with van der Waals surface area (Å²) in [5.41, 5.74) is 2.14. The van der Waals surface area contributed by atoms with Gasteiger partial charge in [0.05, 0.1) is 6.61 Å². The first-order chi connectivity index (χ1) is 11.9. The molecule has 0 bridgehead atoms. The normalized spacial score (nSPS) is 10.2. The van der Waals surface area contributed by atoms with Crippen molar-refractivity contribution in [3.63, 3.8) is 0 Å². The van der Waals surface area contributed by atoms with Crippen LogP contribution in [0.15, 0.2) is 42.5 Å². The topological polar surface area (TPSA) is 58.6 Å². The van der Waals surface area contributed by atoms with Crippen LogP contribution >= 0.6 is 11.6 Å². The molecular formula is C19H21ClN2O3. The SMILES string of the molecule is CCOc1ccc(NC(=O)CN(C(C)=O)c2ccc(C)c(Cl)c2)cc1. The predicted molar refractivity (Wildman–Crippen MR) is 100 cm³/mol. The van der Waals surface area contributed by atoms with E-state index in [2.05, 4.69) is 5.32 Å². The van der Waals surface area contributed by atoms with E-state index in [1.165, 1.54) is 11.8 Å². The van der Waals surface area contributed by atoms with Crippen LogP contribution in [0.1, 0.15) is 19.4 Å². The summed E-state index contributed by atoms with van der Waals surface area (Å²) < 4.78 is 5.36. The van der Waals surface area contributed by atoms with Crippen LogP contribution in [0.3, 0.4) is 0 Å². The summed E-state index contributed by atoms with van der Waals surface area (Å²) in [4.78, 5) is 25.6. The highest BCUT2D eigenvalue weighted by Gasteiger charge is 2.16. The number of amides is 2. The van der Waals surface area contributed by atoms with Gasteiger partial charge < -0.3 is 15.0 Å². The molecule has 2 aromatic carbocycles. The molecule has 0 spiro atoms. The van der Waals surface area contributed by atoms with Gasteiger partial charge in [-0.15, -0.1) is 0 Å². The Morgan fingerprint density at radius 3 is 2.40 bits per heavy atom. The monoisotopic (exact) mass is 360 g/mol. The molecule has 2 amide bonds. The van der Waals surface area contributed by atoms with Crippen LogP contribution in [0.4, 0.5) is 11.4 Å². The molecule has 0 atom stereocenters. The van der Waals surface area contributed by atoms with E-state index >= 15 is 0 Å². The van der Waals surface area contributed by atoms with Crippen molar-refractivity contribution >= 4 is 34.8 Å². The first-order valence-electron chi connectivity index (χ1n) is 7.97. The Kier molecular flexibility index (Phi) is 6.42. The second kappa shape index (κ2) is 8.53. The summed E-state index contributed by atoms with van der Waals surface area (Å²) >= 11 is 6.12. The van der Waals surface area contributed by atoms with Gasteiger partial charge in [-0.05, 0) is 55.8 Å². The van der Waals surface area contributed by atoms with E-state index in [9.17, 15) is 9.59 Å². The number of aryl methyl sites for hydroxylation is 1. The molecule has 2 aromatic rings. The third-order valence-electron chi connectivity index (χ3n) is 3.60. The summed E-state index contributed by atoms with van der Waals surface area (Å²) in [6, 6.07) is 12.3. The maximum absolute atomic E-state index is 12.3. The fourth-order valence-electron chi connectivity index (χ4n) is 2.28. The number of benzene rings is 2. The summed E-state index contributed by atoms with van der Waals surface area (Å²) in [6.07, 6.45) is 0. The van der Waals surface area contributed by atoms with E-state index in [-0.39, 0.29) is 18.4 Å². The van der Waals surface area contributed by atoms with Crippen LogP contribution in [0.2, 0.25) is 5.02 Å². The lowest BCUT2D eigenvalue weighted by Gasteiger charge is -2.21. The fraction of sp³-hybridized carbons (Fsp3) is 0.263. The molecule has 0 aromatic heterocycles. The second-order valence-corrected chi connectivity index (χ2v) is 5.95.